The highest BCUT2D eigenvalue weighted by Crippen LogP contribution is 2.22. The summed E-state index contributed by atoms with van der Waals surface area (Å²) in [7, 11) is 5.19. The third-order valence-corrected chi connectivity index (χ3v) is 3.98. The van der Waals surface area contributed by atoms with Gasteiger partial charge in [-0.25, -0.2) is 0 Å². The molecule has 2 aromatic rings. The zero-order valence-corrected chi connectivity index (χ0v) is 13.2. The van der Waals surface area contributed by atoms with Crippen LogP contribution in [0.25, 0.3) is 0 Å². The number of nitrogens with zero attached hydrogens (tertiary/aromatic N) is 5. The summed E-state index contributed by atoms with van der Waals surface area (Å²) in [6.45, 7) is 2.14. The number of carbonyl (C=O) groups is 1. The average molecular weight is 316 g/mol. The number of rotatable bonds is 3. The molecule has 8 heteroatoms. The molecule has 108 valence electrons. The number of aromatic nitrogens is 4. The van der Waals surface area contributed by atoms with Crippen molar-refractivity contribution in [1.82, 2.24) is 24.5 Å². The maximum Gasteiger partial charge on any atom is 0.276 e. The topological polar surface area (TPSA) is 56.0 Å². The van der Waals surface area contributed by atoms with E-state index in [1.165, 1.54) is 4.90 Å². The van der Waals surface area contributed by atoms with E-state index < -0.39 is 0 Å². The molecule has 2 rings (SSSR count). The molecule has 0 N–H and O–H groups in total. The predicted octanol–water partition coefficient (Wildman–Crippen LogP) is 2.04. The lowest BCUT2D eigenvalue weighted by atomic mass is 10.3. The Kier molecular flexibility index (Phi) is 4.06. The van der Waals surface area contributed by atoms with Gasteiger partial charge in [0.05, 0.1) is 34.2 Å². The Morgan fingerprint density at radius 1 is 1.35 bits per heavy atom. The normalized spacial score (nSPS) is 10.9. The number of aryl methyl sites for hydroxylation is 2. The summed E-state index contributed by atoms with van der Waals surface area (Å²) in [6, 6.07) is 0. The van der Waals surface area contributed by atoms with Crippen molar-refractivity contribution in [3.63, 3.8) is 0 Å². The van der Waals surface area contributed by atoms with Crippen molar-refractivity contribution >= 4 is 29.1 Å². The third-order valence-electron chi connectivity index (χ3n) is 3.21. The first-order chi connectivity index (χ1) is 9.32. The van der Waals surface area contributed by atoms with Crippen molar-refractivity contribution < 1.29 is 4.79 Å². The maximum atomic E-state index is 12.4. The molecule has 2 aromatic heterocycles. The first kappa shape index (κ1) is 14.9. The van der Waals surface area contributed by atoms with Crippen molar-refractivity contribution in [2.75, 3.05) is 7.05 Å². The van der Waals surface area contributed by atoms with E-state index >= 15 is 0 Å². The molecule has 0 aliphatic heterocycles. The van der Waals surface area contributed by atoms with Crippen LogP contribution in [-0.2, 0) is 20.6 Å². The molecule has 1 amide bonds. The lowest BCUT2D eigenvalue weighted by Gasteiger charge is -2.16. The van der Waals surface area contributed by atoms with Gasteiger partial charge in [0.25, 0.3) is 5.91 Å². The van der Waals surface area contributed by atoms with Crippen LogP contribution < -0.4 is 0 Å². The van der Waals surface area contributed by atoms with E-state index in [-0.39, 0.29) is 11.6 Å². The van der Waals surface area contributed by atoms with Crippen LogP contribution in [0.4, 0.5) is 0 Å². The van der Waals surface area contributed by atoms with Crippen molar-refractivity contribution in [3.05, 3.63) is 33.3 Å². The van der Waals surface area contributed by atoms with Gasteiger partial charge >= 0.3 is 0 Å². The minimum Gasteiger partial charge on any atom is -0.334 e. The Morgan fingerprint density at radius 2 is 2.00 bits per heavy atom. The van der Waals surface area contributed by atoms with E-state index in [0.717, 1.165) is 11.4 Å². The number of hydrogen-bond acceptors (Lipinski definition) is 3. The Bertz CT molecular complexity index is 642. The van der Waals surface area contributed by atoms with E-state index in [1.807, 2.05) is 6.92 Å². The van der Waals surface area contributed by atoms with Crippen molar-refractivity contribution in [1.29, 1.82) is 0 Å². The zero-order valence-electron chi connectivity index (χ0n) is 11.7. The van der Waals surface area contributed by atoms with Crippen LogP contribution in [0.15, 0.2) is 6.20 Å². The molecule has 0 bridgehead atoms. The van der Waals surface area contributed by atoms with Crippen molar-refractivity contribution in [2.24, 2.45) is 14.1 Å². The second-order valence-electron chi connectivity index (χ2n) is 4.60. The minimum atomic E-state index is -0.254. The van der Waals surface area contributed by atoms with E-state index in [1.54, 1.807) is 36.7 Å². The molecule has 6 nitrogen and oxygen atoms in total. The molecule has 0 radical (unpaired) electrons. The SMILES string of the molecule is Cc1c(Cl)c(C(=O)N(C)Cc2c(Cl)cnn2C)nn1C. The molecule has 0 fully saturated rings. The Morgan fingerprint density at radius 3 is 2.45 bits per heavy atom. The highest BCUT2D eigenvalue weighted by Gasteiger charge is 2.22. The highest BCUT2D eigenvalue weighted by atomic mass is 35.5. The first-order valence-corrected chi connectivity index (χ1v) is 6.69. The third kappa shape index (κ3) is 2.53. The van der Waals surface area contributed by atoms with Crippen LogP contribution in [0.3, 0.4) is 0 Å². The van der Waals surface area contributed by atoms with Gasteiger partial charge in [0, 0.05) is 21.1 Å². The quantitative estimate of drug-likeness (QED) is 0.871. The molecular weight excluding hydrogens is 301 g/mol. The number of hydrogen-bond donors (Lipinski definition) is 0. The lowest BCUT2D eigenvalue weighted by Crippen LogP contribution is -2.28. The summed E-state index contributed by atoms with van der Waals surface area (Å²) >= 11 is 12.2. The van der Waals surface area contributed by atoms with Gasteiger partial charge in [-0.1, -0.05) is 23.2 Å². The Balaban J connectivity index is 2.23. The van der Waals surface area contributed by atoms with Crippen LogP contribution >= 0.6 is 23.2 Å². The summed E-state index contributed by atoms with van der Waals surface area (Å²) in [4.78, 5) is 13.9. The summed E-state index contributed by atoms with van der Waals surface area (Å²) in [5.41, 5.74) is 1.75. The molecule has 0 aliphatic carbocycles. The predicted molar refractivity (Wildman–Crippen MR) is 77.0 cm³/mol. The molecule has 0 aromatic carbocycles. The molecule has 20 heavy (non-hydrogen) atoms. The molecule has 0 saturated carbocycles. The Labute approximate surface area is 126 Å². The molecule has 0 unspecified atom stereocenters. The summed E-state index contributed by atoms with van der Waals surface area (Å²) < 4.78 is 3.22. The highest BCUT2D eigenvalue weighted by molar-refractivity contribution is 6.34. The fraction of sp³-hybridized carbons (Fsp3) is 0.417. The molecule has 0 saturated heterocycles. The number of amides is 1. The van der Waals surface area contributed by atoms with Gasteiger partial charge < -0.3 is 4.90 Å². The van der Waals surface area contributed by atoms with E-state index in [9.17, 15) is 4.79 Å². The second kappa shape index (κ2) is 5.46. The minimum absolute atomic E-state index is 0.243. The smallest absolute Gasteiger partial charge is 0.276 e. The largest absolute Gasteiger partial charge is 0.334 e. The van der Waals surface area contributed by atoms with E-state index in [2.05, 4.69) is 10.2 Å². The van der Waals surface area contributed by atoms with Crippen LogP contribution in [0.2, 0.25) is 10.0 Å². The number of carbonyl (C=O) groups excluding carboxylic acids is 1. The maximum absolute atomic E-state index is 12.4. The summed E-state index contributed by atoms with van der Waals surface area (Å²) in [5.74, 6) is -0.254. The van der Waals surface area contributed by atoms with Gasteiger partial charge in [-0.2, -0.15) is 10.2 Å². The molecule has 2 heterocycles. The van der Waals surface area contributed by atoms with Crippen LogP contribution in [-0.4, -0.2) is 37.4 Å². The van der Waals surface area contributed by atoms with Gasteiger partial charge in [0.15, 0.2) is 5.69 Å². The first-order valence-electron chi connectivity index (χ1n) is 5.93. The second-order valence-corrected chi connectivity index (χ2v) is 5.38. The summed E-state index contributed by atoms with van der Waals surface area (Å²) in [6.07, 6.45) is 1.55. The van der Waals surface area contributed by atoms with E-state index in [0.29, 0.717) is 16.6 Å². The van der Waals surface area contributed by atoms with Crippen molar-refractivity contribution in [3.8, 4) is 0 Å². The summed E-state index contributed by atoms with van der Waals surface area (Å²) in [5, 5.41) is 9.08. The fourth-order valence-electron chi connectivity index (χ4n) is 1.81. The standard InChI is InChI=1S/C12H15Cl2N5O/c1-7-10(14)11(16-18(7)3)12(20)17(2)6-9-8(13)5-15-19(9)4/h5H,6H2,1-4H3. The molecule has 0 aliphatic rings. The van der Waals surface area contributed by atoms with E-state index in [4.69, 9.17) is 23.2 Å². The van der Waals surface area contributed by atoms with Gasteiger partial charge in [-0.15, -0.1) is 0 Å². The monoisotopic (exact) mass is 315 g/mol. The zero-order chi connectivity index (χ0) is 15.0. The van der Waals surface area contributed by atoms with Gasteiger partial charge in [-0.05, 0) is 6.92 Å². The lowest BCUT2D eigenvalue weighted by molar-refractivity contribution is 0.0775. The fourth-order valence-corrected chi connectivity index (χ4v) is 2.28. The van der Waals surface area contributed by atoms with Gasteiger partial charge in [-0.3, -0.25) is 14.2 Å². The average Bonchev–Trinajstić information content (AvgIpc) is 2.85. The van der Waals surface area contributed by atoms with Gasteiger partial charge in [0.2, 0.25) is 0 Å². The van der Waals surface area contributed by atoms with Crippen molar-refractivity contribution in [2.45, 2.75) is 13.5 Å². The molecule has 0 spiro atoms. The van der Waals surface area contributed by atoms with Crippen LogP contribution in [0, 0.1) is 6.92 Å². The Hall–Kier alpha value is -1.53. The van der Waals surface area contributed by atoms with Crippen LogP contribution in [0.5, 0.6) is 0 Å². The molecule has 0 atom stereocenters. The number of halogens is 2. The van der Waals surface area contributed by atoms with Crippen LogP contribution in [0.1, 0.15) is 21.9 Å². The van der Waals surface area contributed by atoms with Gasteiger partial charge in [0.1, 0.15) is 0 Å². The molecular formula is C12H15Cl2N5O.